The molecule has 2 unspecified atom stereocenters. The number of fused-ring (bicyclic) bond motifs is 1. The standard InChI is InChI=1S/C24H42N6O/c1-3-25-23(27-19-18-20(31-4-2)24(19)14-8-6-9-15-24)26-16-11-13-22-29-28-21-12-7-5-10-17-30(21)22/h19-20H,3-18H2,1-2H3,(H2,25,26,27). The number of rotatable bonds is 8. The van der Waals surface area contributed by atoms with Gasteiger partial charge in [0.15, 0.2) is 5.96 Å². The normalized spacial score (nSPS) is 25.5. The Bertz CT molecular complexity index is 724. The van der Waals surface area contributed by atoms with Crippen molar-refractivity contribution in [3.8, 4) is 0 Å². The highest BCUT2D eigenvalue weighted by atomic mass is 16.5. The first kappa shape index (κ1) is 22.6. The topological polar surface area (TPSA) is 76.4 Å². The molecule has 0 radical (unpaired) electrons. The average Bonchev–Trinajstić information content (AvgIpc) is 3.02. The summed E-state index contributed by atoms with van der Waals surface area (Å²) in [5.41, 5.74) is 0.309. The van der Waals surface area contributed by atoms with Gasteiger partial charge in [-0.1, -0.05) is 25.7 Å². The summed E-state index contributed by atoms with van der Waals surface area (Å²) in [6, 6.07) is 0.481. The summed E-state index contributed by atoms with van der Waals surface area (Å²) in [5.74, 6) is 3.29. The lowest BCUT2D eigenvalue weighted by Gasteiger charge is -2.58. The Morgan fingerprint density at radius 3 is 2.77 bits per heavy atom. The second-order valence-electron chi connectivity index (χ2n) is 9.53. The van der Waals surface area contributed by atoms with Gasteiger partial charge in [0, 0.05) is 50.5 Å². The van der Waals surface area contributed by atoms with E-state index < -0.39 is 0 Å². The second kappa shape index (κ2) is 10.8. The van der Waals surface area contributed by atoms with Crippen molar-refractivity contribution in [2.24, 2.45) is 10.4 Å². The van der Waals surface area contributed by atoms with Crippen LogP contribution in [0.15, 0.2) is 4.99 Å². The number of aryl methyl sites for hydroxylation is 2. The first-order valence-electron chi connectivity index (χ1n) is 12.8. The molecule has 174 valence electrons. The average molecular weight is 431 g/mol. The third-order valence-corrected chi connectivity index (χ3v) is 7.61. The summed E-state index contributed by atoms with van der Waals surface area (Å²) in [5, 5.41) is 16.1. The molecule has 2 atom stereocenters. The van der Waals surface area contributed by atoms with Crippen LogP contribution in [-0.2, 0) is 24.1 Å². The molecule has 2 fully saturated rings. The number of aromatic nitrogens is 3. The Hall–Kier alpha value is -1.63. The summed E-state index contributed by atoms with van der Waals surface area (Å²) in [6.07, 6.45) is 14.9. The molecule has 2 aliphatic carbocycles. The summed E-state index contributed by atoms with van der Waals surface area (Å²) in [7, 11) is 0. The Morgan fingerprint density at radius 2 is 1.97 bits per heavy atom. The van der Waals surface area contributed by atoms with Crippen LogP contribution in [0.5, 0.6) is 0 Å². The van der Waals surface area contributed by atoms with Crippen molar-refractivity contribution in [1.29, 1.82) is 0 Å². The molecule has 4 rings (SSSR count). The highest BCUT2D eigenvalue weighted by molar-refractivity contribution is 5.80. The molecule has 3 aliphatic rings. The zero-order chi connectivity index (χ0) is 21.5. The van der Waals surface area contributed by atoms with Crippen molar-refractivity contribution < 1.29 is 4.74 Å². The quantitative estimate of drug-likeness (QED) is 0.374. The Kier molecular flexibility index (Phi) is 7.86. The maximum Gasteiger partial charge on any atom is 0.191 e. The van der Waals surface area contributed by atoms with Crippen molar-refractivity contribution in [2.75, 3.05) is 19.7 Å². The monoisotopic (exact) mass is 430 g/mol. The lowest BCUT2D eigenvalue weighted by atomic mass is 9.55. The highest BCUT2D eigenvalue weighted by Gasteiger charge is 2.55. The molecule has 1 aromatic rings. The number of hydrogen-bond donors (Lipinski definition) is 2. The molecule has 1 aromatic heterocycles. The predicted octanol–water partition coefficient (Wildman–Crippen LogP) is 3.62. The first-order valence-corrected chi connectivity index (χ1v) is 12.8. The molecule has 31 heavy (non-hydrogen) atoms. The van der Waals surface area contributed by atoms with Crippen LogP contribution < -0.4 is 10.6 Å². The number of ether oxygens (including phenoxy) is 1. The van der Waals surface area contributed by atoms with Gasteiger partial charge in [-0.2, -0.15) is 0 Å². The van der Waals surface area contributed by atoms with Crippen LogP contribution in [0.4, 0.5) is 0 Å². The van der Waals surface area contributed by atoms with Crippen molar-refractivity contribution in [1.82, 2.24) is 25.4 Å². The van der Waals surface area contributed by atoms with Gasteiger partial charge in [0.2, 0.25) is 0 Å². The summed E-state index contributed by atoms with van der Waals surface area (Å²) < 4.78 is 8.48. The number of guanidine groups is 1. The van der Waals surface area contributed by atoms with E-state index in [9.17, 15) is 0 Å². The van der Waals surface area contributed by atoms with Gasteiger partial charge in [-0.3, -0.25) is 4.99 Å². The van der Waals surface area contributed by atoms with E-state index in [1.54, 1.807) is 0 Å². The van der Waals surface area contributed by atoms with Crippen LogP contribution in [0, 0.1) is 5.41 Å². The van der Waals surface area contributed by atoms with E-state index in [0.29, 0.717) is 17.6 Å². The van der Waals surface area contributed by atoms with E-state index in [-0.39, 0.29) is 0 Å². The maximum absolute atomic E-state index is 6.12. The van der Waals surface area contributed by atoms with Crippen LogP contribution in [-0.4, -0.2) is 52.6 Å². The number of aliphatic imine (C=N–C) groups is 1. The van der Waals surface area contributed by atoms with E-state index >= 15 is 0 Å². The fourth-order valence-electron chi connectivity index (χ4n) is 5.91. The maximum atomic E-state index is 6.12. The lowest BCUT2D eigenvalue weighted by Crippen LogP contribution is -2.66. The third kappa shape index (κ3) is 5.07. The van der Waals surface area contributed by atoms with Gasteiger partial charge in [-0.05, 0) is 52.4 Å². The van der Waals surface area contributed by atoms with Gasteiger partial charge >= 0.3 is 0 Å². The zero-order valence-electron chi connectivity index (χ0n) is 19.7. The van der Waals surface area contributed by atoms with E-state index in [2.05, 4.69) is 39.2 Å². The summed E-state index contributed by atoms with van der Waals surface area (Å²) in [6.45, 7) is 7.86. The first-order chi connectivity index (χ1) is 15.3. The number of nitrogens with zero attached hydrogens (tertiary/aromatic N) is 4. The molecular formula is C24H42N6O. The smallest absolute Gasteiger partial charge is 0.191 e. The fraction of sp³-hybridized carbons (Fsp3) is 0.875. The zero-order valence-corrected chi connectivity index (χ0v) is 19.7. The minimum absolute atomic E-state index is 0.309. The third-order valence-electron chi connectivity index (χ3n) is 7.61. The van der Waals surface area contributed by atoms with Crippen molar-refractivity contribution in [2.45, 2.75) is 110 Å². The summed E-state index contributed by atoms with van der Waals surface area (Å²) >= 11 is 0. The summed E-state index contributed by atoms with van der Waals surface area (Å²) in [4.78, 5) is 4.91. The second-order valence-corrected chi connectivity index (χ2v) is 9.53. The molecule has 0 bridgehead atoms. The van der Waals surface area contributed by atoms with E-state index in [4.69, 9.17) is 9.73 Å². The van der Waals surface area contributed by atoms with Crippen LogP contribution >= 0.6 is 0 Å². The van der Waals surface area contributed by atoms with E-state index in [0.717, 1.165) is 63.7 Å². The van der Waals surface area contributed by atoms with Gasteiger partial charge in [0.25, 0.3) is 0 Å². The number of hydrogen-bond acceptors (Lipinski definition) is 4. The molecule has 2 N–H and O–H groups in total. The van der Waals surface area contributed by atoms with Gasteiger partial charge in [0.05, 0.1) is 6.10 Å². The van der Waals surface area contributed by atoms with Crippen molar-refractivity contribution in [3.05, 3.63) is 11.6 Å². The SMILES string of the molecule is CCNC(=NCCCc1nnc2n1CCCCC2)NC1CC(OCC)C12CCCCC2. The molecule has 1 spiro atoms. The van der Waals surface area contributed by atoms with Gasteiger partial charge < -0.3 is 19.9 Å². The molecule has 2 heterocycles. The number of nitrogens with one attached hydrogen (secondary N) is 2. The van der Waals surface area contributed by atoms with Crippen LogP contribution in [0.3, 0.4) is 0 Å². The van der Waals surface area contributed by atoms with Gasteiger partial charge in [-0.15, -0.1) is 10.2 Å². The van der Waals surface area contributed by atoms with E-state index in [1.807, 2.05) is 0 Å². The Balaban J connectivity index is 1.32. The van der Waals surface area contributed by atoms with Crippen LogP contribution in [0.25, 0.3) is 0 Å². The molecule has 2 saturated carbocycles. The highest BCUT2D eigenvalue weighted by Crippen LogP contribution is 2.53. The Morgan fingerprint density at radius 1 is 1.13 bits per heavy atom. The minimum Gasteiger partial charge on any atom is -0.378 e. The molecule has 0 saturated heterocycles. The van der Waals surface area contributed by atoms with Crippen molar-refractivity contribution >= 4 is 5.96 Å². The molecule has 0 amide bonds. The van der Waals surface area contributed by atoms with E-state index in [1.165, 1.54) is 57.2 Å². The molecule has 7 heteroatoms. The predicted molar refractivity (Wildman–Crippen MR) is 124 cm³/mol. The molecule has 1 aliphatic heterocycles. The van der Waals surface area contributed by atoms with Crippen LogP contribution in [0.2, 0.25) is 0 Å². The van der Waals surface area contributed by atoms with Crippen LogP contribution in [0.1, 0.15) is 89.7 Å². The van der Waals surface area contributed by atoms with Gasteiger partial charge in [0.1, 0.15) is 11.6 Å². The molecule has 7 nitrogen and oxygen atoms in total. The van der Waals surface area contributed by atoms with Gasteiger partial charge in [-0.25, -0.2) is 0 Å². The fourth-order valence-corrected chi connectivity index (χ4v) is 5.91. The largest absolute Gasteiger partial charge is 0.378 e. The lowest BCUT2D eigenvalue weighted by molar-refractivity contribution is -0.145. The molecule has 0 aromatic carbocycles. The van der Waals surface area contributed by atoms with Crippen molar-refractivity contribution in [3.63, 3.8) is 0 Å². The minimum atomic E-state index is 0.309. The molecular weight excluding hydrogens is 388 g/mol. The Labute approximate surface area is 187 Å².